The first kappa shape index (κ1) is 17.0. The topological polar surface area (TPSA) is 41.5 Å². The number of carbonyl (C=O) groups is 1. The Morgan fingerprint density at radius 3 is 2.48 bits per heavy atom. The van der Waals surface area contributed by atoms with Gasteiger partial charge in [-0.15, -0.1) is 0 Å². The standard InChI is InChI=1S/C16H11Br2ClN2OS/c17-13(10-6-2-1-3-7-10)16(18)14(22)21-15(23-16)20-12-9-5-4-8-11(12)19/h1-9,13H,(H,20,21,22)/t13-,16+/m0/s1. The van der Waals surface area contributed by atoms with Crippen LogP contribution in [0.25, 0.3) is 0 Å². The minimum absolute atomic E-state index is 0.154. The number of nitrogens with zero attached hydrogens (tertiary/aromatic N) is 1. The molecule has 0 spiro atoms. The van der Waals surface area contributed by atoms with Crippen molar-refractivity contribution in [2.75, 3.05) is 0 Å². The fourth-order valence-corrected chi connectivity index (χ4v) is 4.85. The van der Waals surface area contributed by atoms with Crippen LogP contribution in [0.1, 0.15) is 10.4 Å². The van der Waals surface area contributed by atoms with E-state index in [1.807, 2.05) is 42.5 Å². The van der Waals surface area contributed by atoms with Crippen LogP contribution in [0.5, 0.6) is 0 Å². The number of benzene rings is 2. The summed E-state index contributed by atoms with van der Waals surface area (Å²) in [4.78, 5) is 16.7. The lowest BCUT2D eigenvalue weighted by molar-refractivity contribution is -0.119. The van der Waals surface area contributed by atoms with Crippen LogP contribution in [-0.2, 0) is 4.79 Å². The average Bonchev–Trinajstić information content (AvgIpc) is 2.85. The van der Waals surface area contributed by atoms with Crippen molar-refractivity contribution in [3.8, 4) is 0 Å². The van der Waals surface area contributed by atoms with Gasteiger partial charge in [-0.05, 0) is 17.7 Å². The molecule has 0 bridgehead atoms. The number of hydrogen-bond donors (Lipinski definition) is 1. The number of carbonyl (C=O) groups excluding carboxylic acids is 1. The molecule has 0 aliphatic carbocycles. The van der Waals surface area contributed by atoms with Crippen molar-refractivity contribution >= 4 is 72.0 Å². The highest BCUT2D eigenvalue weighted by molar-refractivity contribution is 9.14. The Kier molecular flexibility index (Phi) is 5.16. The van der Waals surface area contributed by atoms with E-state index < -0.39 is 3.66 Å². The first-order chi connectivity index (χ1) is 11.0. The predicted octanol–water partition coefficient (Wildman–Crippen LogP) is 5.42. The third-order valence-corrected chi connectivity index (χ3v) is 8.13. The van der Waals surface area contributed by atoms with Gasteiger partial charge in [0.05, 0.1) is 15.5 Å². The van der Waals surface area contributed by atoms with Gasteiger partial charge in [-0.3, -0.25) is 4.79 Å². The molecule has 0 radical (unpaired) electrons. The van der Waals surface area contributed by atoms with Gasteiger partial charge in [0.25, 0.3) is 5.91 Å². The second-order valence-corrected chi connectivity index (χ2v) is 9.18. The smallest absolute Gasteiger partial charge is 0.255 e. The van der Waals surface area contributed by atoms with E-state index in [9.17, 15) is 4.79 Å². The van der Waals surface area contributed by atoms with Gasteiger partial charge in [0.2, 0.25) is 0 Å². The number of amides is 1. The van der Waals surface area contributed by atoms with Gasteiger partial charge in [-0.1, -0.05) is 97.7 Å². The lowest BCUT2D eigenvalue weighted by Gasteiger charge is -2.23. The van der Waals surface area contributed by atoms with Crippen LogP contribution in [0, 0.1) is 0 Å². The zero-order chi connectivity index (χ0) is 16.4. The van der Waals surface area contributed by atoms with E-state index in [2.05, 4.69) is 42.2 Å². The number of rotatable bonds is 3. The normalized spacial score (nSPS) is 23.8. The maximum Gasteiger partial charge on any atom is 0.255 e. The molecule has 1 heterocycles. The van der Waals surface area contributed by atoms with Crippen LogP contribution in [0.3, 0.4) is 0 Å². The third kappa shape index (κ3) is 3.50. The van der Waals surface area contributed by atoms with E-state index in [1.54, 1.807) is 12.1 Å². The largest absolute Gasteiger partial charge is 0.303 e. The number of halogens is 3. The molecule has 0 saturated carbocycles. The van der Waals surface area contributed by atoms with Crippen molar-refractivity contribution in [2.24, 2.45) is 4.99 Å². The molecule has 1 N–H and O–H groups in total. The molecule has 3 nitrogen and oxygen atoms in total. The summed E-state index contributed by atoms with van der Waals surface area (Å²) in [6, 6.07) is 17.0. The number of hydrogen-bond acceptors (Lipinski definition) is 3. The van der Waals surface area contributed by atoms with E-state index in [-0.39, 0.29) is 10.7 Å². The number of para-hydroxylation sites is 1. The van der Waals surface area contributed by atoms with Gasteiger partial charge < -0.3 is 5.32 Å². The highest BCUT2D eigenvalue weighted by Gasteiger charge is 2.50. The summed E-state index contributed by atoms with van der Waals surface area (Å²) in [6.45, 7) is 0. The highest BCUT2D eigenvalue weighted by atomic mass is 79.9. The summed E-state index contributed by atoms with van der Waals surface area (Å²) < 4.78 is -0.867. The summed E-state index contributed by atoms with van der Waals surface area (Å²) in [5.74, 6) is -0.154. The Balaban J connectivity index is 1.89. The fraction of sp³-hybridized carbons (Fsp3) is 0.125. The molecule has 0 aromatic heterocycles. The lowest BCUT2D eigenvalue weighted by Crippen LogP contribution is -2.34. The SMILES string of the molecule is O=C1NC(=Nc2ccccc2Cl)S[C@]1(Br)[C@@H](Br)c1ccccc1. The van der Waals surface area contributed by atoms with Gasteiger partial charge in [0.1, 0.15) is 0 Å². The van der Waals surface area contributed by atoms with Gasteiger partial charge in [-0.25, -0.2) is 4.99 Å². The Bertz CT molecular complexity index is 772. The number of aliphatic imine (C=N–C) groups is 1. The number of alkyl halides is 2. The summed E-state index contributed by atoms with van der Waals surface area (Å²) in [5, 5.41) is 3.87. The second-order valence-electron chi connectivity index (χ2n) is 4.84. The van der Waals surface area contributed by atoms with Crippen LogP contribution >= 0.6 is 55.2 Å². The molecule has 1 fully saturated rings. The van der Waals surface area contributed by atoms with E-state index in [0.29, 0.717) is 15.9 Å². The minimum atomic E-state index is -0.867. The summed E-state index contributed by atoms with van der Waals surface area (Å²) >= 11 is 14.6. The van der Waals surface area contributed by atoms with Gasteiger partial charge in [0, 0.05) is 0 Å². The van der Waals surface area contributed by atoms with Crippen molar-refractivity contribution < 1.29 is 4.79 Å². The maximum absolute atomic E-state index is 12.5. The molecule has 3 rings (SSSR count). The van der Waals surface area contributed by atoms with E-state index in [1.165, 1.54) is 11.8 Å². The molecule has 23 heavy (non-hydrogen) atoms. The van der Waals surface area contributed by atoms with Crippen LogP contribution < -0.4 is 5.32 Å². The van der Waals surface area contributed by atoms with E-state index in [0.717, 1.165) is 5.56 Å². The molecule has 1 amide bonds. The predicted molar refractivity (Wildman–Crippen MR) is 104 cm³/mol. The zero-order valence-electron chi connectivity index (χ0n) is 11.7. The van der Waals surface area contributed by atoms with Crippen LogP contribution in [-0.4, -0.2) is 14.7 Å². The Hall–Kier alpha value is -0.820. The minimum Gasteiger partial charge on any atom is -0.303 e. The number of nitrogens with one attached hydrogen (secondary N) is 1. The average molecular weight is 475 g/mol. The van der Waals surface area contributed by atoms with Crippen molar-refractivity contribution in [3.05, 3.63) is 65.2 Å². The van der Waals surface area contributed by atoms with Crippen LogP contribution in [0.2, 0.25) is 5.02 Å². The van der Waals surface area contributed by atoms with Gasteiger partial charge >= 0.3 is 0 Å². The first-order valence-electron chi connectivity index (χ1n) is 6.72. The molecule has 1 saturated heterocycles. The number of amidine groups is 1. The Labute approximate surface area is 160 Å². The highest BCUT2D eigenvalue weighted by Crippen LogP contribution is 2.51. The Morgan fingerprint density at radius 1 is 1.13 bits per heavy atom. The zero-order valence-corrected chi connectivity index (χ0v) is 16.4. The van der Waals surface area contributed by atoms with Gasteiger partial charge in [0.15, 0.2) is 8.82 Å². The molecule has 118 valence electrons. The summed E-state index contributed by atoms with van der Waals surface area (Å²) in [5.41, 5.74) is 1.63. The molecule has 2 atom stereocenters. The summed E-state index contributed by atoms with van der Waals surface area (Å²) in [6.07, 6.45) is 0. The molecular formula is C16H11Br2ClN2OS. The molecule has 2 aromatic carbocycles. The molecule has 1 aliphatic rings. The lowest BCUT2D eigenvalue weighted by atomic mass is 10.1. The van der Waals surface area contributed by atoms with Crippen LogP contribution in [0.15, 0.2) is 59.6 Å². The molecular weight excluding hydrogens is 464 g/mol. The molecule has 7 heteroatoms. The molecule has 1 aliphatic heterocycles. The van der Waals surface area contributed by atoms with Crippen molar-refractivity contribution in [1.82, 2.24) is 5.32 Å². The third-order valence-electron chi connectivity index (χ3n) is 3.27. The van der Waals surface area contributed by atoms with E-state index >= 15 is 0 Å². The molecule has 2 aromatic rings. The first-order valence-corrected chi connectivity index (χ1v) is 9.62. The van der Waals surface area contributed by atoms with Crippen LogP contribution in [0.4, 0.5) is 5.69 Å². The van der Waals surface area contributed by atoms with Crippen molar-refractivity contribution in [3.63, 3.8) is 0 Å². The maximum atomic E-state index is 12.5. The van der Waals surface area contributed by atoms with Crippen molar-refractivity contribution in [1.29, 1.82) is 0 Å². The molecule has 0 unspecified atom stereocenters. The Morgan fingerprint density at radius 2 is 1.78 bits per heavy atom. The van der Waals surface area contributed by atoms with Crippen molar-refractivity contribution in [2.45, 2.75) is 8.48 Å². The van der Waals surface area contributed by atoms with Gasteiger partial charge in [-0.2, -0.15) is 0 Å². The van der Waals surface area contributed by atoms with E-state index in [4.69, 9.17) is 11.6 Å². The fourth-order valence-electron chi connectivity index (χ4n) is 2.10. The number of thioether (sulfide) groups is 1. The quantitative estimate of drug-likeness (QED) is 0.604. The summed E-state index contributed by atoms with van der Waals surface area (Å²) in [7, 11) is 0. The monoisotopic (exact) mass is 472 g/mol. The second kappa shape index (κ2) is 6.97.